The van der Waals surface area contributed by atoms with E-state index < -0.39 is 37.3 Å². The Balaban J connectivity index is 4.88. The summed E-state index contributed by atoms with van der Waals surface area (Å²) in [6.07, 6.45) is -0.454. The fourth-order valence-corrected chi connectivity index (χ4v) is 3.25. The van der Waals surface area contributed by atoms with Gasteiger partial charge in [0.15, 0.2) is 0 Å². The maximum atomic E-state index is 10.6. The van der Waals surface area contributed by atoms with Crippen LogP contribution in [0.25, 0.3) is 0 Å². The third kappa shape index (κ3) is 7.96. The van der Waals surface area contributed by atoms with Gasteiger partial charge in [0.1, 0.15) is 11.5 Å². The third-order valence-electron chi connectivity index (χ3n) is 1.70. The number of aliphatic hydroxyl groups is 2. The van der Waals surface area contributed by atoms with Gasteiger partial charge in [-0.05, 0) is 12.8 Å². The van der Waals surface area contributed by atoms with Crippen LogP contribution >= 0.6 is 0 Å². The molecule has 0 aliphatic carbocycles. The predicted octanol–water partition coefficient (Wildman–Crippen LogP) is -1.73. The van der Waals surface area contributed by atoms with Gasteiger partial charge in [0.25, 0.3) is 20.2 Å². The summed E-state index contributed by atoms with van der Waals surface area (Å²) in [5.41, 5.74) is -2.32. The van der Waals surface area contributed by atoms with Crippen molar-refractivity contribution in [2.24, 2.45) is 0 Å². The minimum absolute atomic E-state index is 0.0679. The van der Waals surface area contributed by atoms with Gasteiger partial charge in [-0.3, -0.25) is 9.11 Å². The van der Waals surface area contributed by atoms with E-state index in [0.29, 0.717) is 0 Å². The molecular weight excluding hydrogens is 264 g/mol. The van der Waals surface area contributed by atoms with Gasteiger partial charge in [0, 0.05) is 6.61 Å². The van der Waals surface area contributed by atoms with E-state index >= 15 is 0 Å². The van der Waals surface area contributed by atoms with Gasteiger partial charge in [0.2, 0.25) is 0 Å². The molecule has 0 radical (unpaired) electrons. The number of aliphatic hydroxyl groups excluding tert-OH is 1. The molecule has 0 saturated carbocycles. The Morgan fingerprint density at radius 3 is 1.56 bits per heavy atom. The summed E-state index contributed by atoms with van der Waals surface area (Å²) in [6, 6.07) is 0. The molecule has 16 heavy (non-hydrogen) atoms. The van der Waals surface area contributed by atoms with Crippen LogP contribution in [0.5, 0.6) is 0 Å². The van der Waals surface area contributed by atoms with Crippen LogP contribution in [-0.4, -0.2) is 59.9 Å². The highest BCUT2D eigenvalue weighted by Gasteiger charge is 2.36. The molecule has 0 spiro atoms. The summed E-state index contributed by atoms with van der Waals surface area (Å²) in [5, 5.41) is 18.1. The Kier molecular flexibility index (Phi) is 5.29. The Morgan fingerprint density at radius 2 is 1.31 bits per heavy atom. The summed E-state index contributed by atoms with van der Waals surface area (Å²) in [4.78, 5) is 0. The predicted molar refractivity (Wildman–Crippen MR) is 54.1 cm³/mol. The van der Waals surface area contributed by atoms with Crippen LogP contribution in [0.4, 0.5) is 0 Å². The zero-order valence-electron chi connectivity index (χ0n) is 8.27. The SMILES string of the molecule is O=S(=O)(O)CC(O)(CCCO)CS(=O)(=O)O. The normalized spacial score (nSPS) is 14.0. The van der Waals surface area contributed by atoms with Gasteiger partial charge < -0.3 is 10.2 Å². The van der Waals surface area contributed by atoms with Crippen molar-refractivity contribution in [3.05, 3.63) is 0 Å². The number of hydrogen-bond donors (Lipinski definition) is 4. The molecule has 0 aromatic carbocycles. The highest BCUT2D eigenvalue weighted by molar-refractivity contribution is 7.86. The highest BCUT2D eigenvalue weighted by Crippen LogP contribution is 2.17. The van der Waals surface area contributed by atoms with E-state index in [1.54, 1.807) is 0 Å². The van der Waals surface area contributed by atoms with Crippen LogP contribution in [-0.2, 0) is 20.2 Å². The fourth-order valence-electron chi connectivity index (χ4n) is 1.27. The highest BCUT2D eigenvalue weighted by atomic mass is 32.2. The van der Waals surface area contributed by atoms with Gasteiger partial charge in [-0.25, -0.2) is 0 Å². The lowest BCUT2D eigenvalue weighted by molar-refractivity contribution is 0.0660. The van der Waals surface area contributed by atoms with Gasteiger partial charge in [-0.2, -0.15) is 16.8 Å². The molecule has 8 nitrogen and oxygen atoms in total. The maximum Gasteiger partial charge on any atom is 0.267 e. The van der Waals surface area contributed by atoms with Crippen molar-refractivity contribution in [3.63, 3.8) is 0 Å². The number of hydrogen-bond acceptors (Lipinski definition) is 6. The van der Waals surface area contributed by atoms with E-state index in [1.807, 2.05) is 0 Å². The first-order valence-corrected chi connectivity index (χ1v) is 7.43. The monoisotopic (exact) mass is 278 g/mol. The second-order valence-electron chi connectivity index (χ2n) is 3.50. The van der Waals surface area contributed by atoms with Gasteiger partial charge in [-0.15, -0.1) is 0 Å². The summed E-state index contributed by atoms with van der Waals surface area (Å²) in [5.74, 6) is -2.44. The van der Waals surface area contributed by atoms with E-state index in [-0.39, 0.29) is 19.4 Å². The summed E-state index contributed by atoms with van der Waals surface area (Å²) >= 11 is 0. The molecule has 0 saturated heterocycles. The number of rotatable bonds is 7. The lowest BCUT2D eigenvalue weighted by atomic mass is 10.0. The summed E-state index contributed by atoms with van der Waals surface area (Å²) in [7, 11) is -9.18. The first kappa shape index (κ1) is 15.7. The lowest BCUT2D eigenvalue weighted by Crippen LogP contribution is -2.43. The summed E-state index contributed by atoms with van der Waals surface area (Å²) in [6.45, 7) is -0.390. The smallest absolute Gasteiger partial charge is 0.267 e. The molecule has 0 aliphatic heterocycles. The largest absolute Gasteiger partial charge is 0.396 e. The minimum Gasteiger partial charge on any atom is -0.396 e. The third-order valence-corrected chi connectivity index (χ3v) is 3.51. The Morgan fingerprint density at radius 1 is 0.938 bits per heavy atom. The maximum absolute atomic E-state index is 10.6. The van der Waals surface area contributed by atoms with Crippen molar-refractivity contribution >= 4 is 20.2 Å². The molecule has 98 valence electrons. The molecule has 0 aromatic rings. The van der Waals surface area contributed by atoms with Crippen LogP contribution in [0.2, 0.25) is 0 Å². The lowest BCUT2D eigenvalue weighted by Gasteiger charge is -2.24. The van der Waals surface area contributed by atoms with Gasteiger partial charge in [-0.1, -0.05) is 0 Å². The van der Waals surface area contributed by atoms with Crippen molar-refractivity contribution in [1.29, 1.82) is 0 Å². The average Bonchev–Trinajstić information content (AvgIpc) is 1.93. The van der Waals surface area contributed by atoms with Crippen LogP contribution in [0, 0.1) is 0 Å². The first-order valence-electron chi connectivity index (χ1n) is 4.21. The molecule has 0 heterocycles. The standard InChI is InChI=1S/C6H14O8S2/c7-3-1-2-6(8,4-15(9,10)11)5-16(12,13)14/h7-8H,1-5H2,(H,9,10,11)(H,12,13,14). The quantitative estimate of drug-likeness (QED) is 0.401. The van der Waals surface area contributed by atoms with E-state index in [4.69, 9.17) is 14.2 Å². The molecule has 10 heteroatoms. The summed E-state index contributed by atoms with van der Waals surface area (Å²) < 4.78 is 59.3. The average molecular weight is 278 g/mol. The Hall–Kier alpha value is -0.260. The van der Waals surface area contributed by atoms with Crippen molar-refractivity contribution in [2.75, 3.05) is 18.1 Å². The van der Waals surface area contributed by atoms with Gasteiger partial charge >= 0.3 is 0 Å². The molecule has 0 amide bonds. The zero-order valence-corrected chi connectivity index (χ0v) is 9.91. The van der Waals surface area contributed by atoms with Crippen LogP contribution < -0.4 is 0 Å². The molecule has 0 unspecified atom stereocenters. The minimum atomic E-state index is -4.59. The van der Waals surface area contributed by atoms with Crippen molar-refractivity contribution in [2.45, 2.75) is 18.4 Å². The molecule has 0 atom stereocenters. The van der Waals surface area contributed by atoms with E-state index in [2.05, 4.69) is 0 Å². The molecular formula is C6H14O8S2. The van der Waals surface area contributed by atoms with Crippen LogP contribution in [0.1, 0.15) is 12.8 Å². The van der Waals surface area contributed by atoms with Crippen molar-refractivity contribution in [1.82, 2.24) is 0 Å². The topological polar surface area (TPSA) is 149 Å². The second-order valence-corrected chi connectivity index (χ2v) is 6.41. The van der Waals surface area contributed by atoms with E-state index in [0.717, 1.165) is 0 Å². The Bertz CT molecular complexity index is 374. The van der Waals surface area contributed by atoms with Crippen molar-refractivity contribution < 1.29 is 36.2 Å². The van der Waals surface area contributed by atoms with Crippen molar-refractivity contribution in [3.8, 4) is 0 Å². The fraction of sp³-hybridized carbons (Fsp3) is 1.00. The molecule has 0 rings (SSSR count). The molecule has 0 aliphatic rings. The molecule has 4 N–H and O–H groups in total. The van der Waals surface area contributed by atoms with Gasteiger partial charge in [0.05, 0.1) is 5.60 Å². The molecule has 0 fully saturated rings. The van der Waals surface area contributed by atoms with E-state index in [9.17, 15) is 21.9 Å². The van der Waals surface area contributed by atoms with Crippen LogP contribution in [0.15, 0.2) is 0 Å². The van der Waals surface area contributed by atoms with E-state index in [1.165, 1.54) is 0 Å². The molecule has 0 bridgehead atoms. The first-order chi connectivity index (χ1) is 6.97. The zero-order chi connectivity index (χ0) is 13.0. The second kappa shape index (κ2) is 5.38. The Labute approximate surface area is 93.4 Å². The van der Waals surface area contributed by atoms with Crippen LogP contribution in [0.3, 0.4) is 0 Å². The molecule has 0 aromatic heterocycles.